The van der Waals surface area contributed by atoms with E-state index in [9.17, 15) is 19.2 Å². The summed E-state index contributed by atoms with van der Waals surface area (Å²) in [6.07, 6.45) is 21.9. The second-order valence-electron chi connectivity index (χ2n) is 17.5. The fourth-order valence-electron chi connectivity index (χ4n) is 7.19. The molecule has 73 heavy (non-hydrogen) atoms. The second kappa shape index (κ2) is 33.4. The van der Waals surface area contributed by atoms with Crippen LogP contribution in [0.3, 0.4) is 0 Å². The highest BCUT2D eigenvalue weighted by atomic mass is 32.2. The topological polar surface area (TPSA) is 157 Å². The first-order chi connectivity index (χ1) is 35.6. The van der Waals surface area contributed by atoms with Gasteiger partial charge in [-0.2, -0.15) is 0 Å². The predicted octanol–water partition coefficient (Wildman–Crippen LogP) is 14.2. The lowest BCUT2D eigenvalue weighted by atomic mass is 10.1. The number of benzene rings is 4. The van der Waals surface area contributed by atoms with Gasteiger partial charge in [-0.1, -0.05) is 193 Å². The van der Waals surface area contributed by atoms with Crippen molar-refractivity contribution < 1.29 is 38.1 Å². The Labute approximate surface area is 440 Å². The molecule has 0 aliphatic heterocycles. The van der Waals surface area contributed by atoms with Gasteiger partial charge in [-0.05, 0) is 73.2 Å². The van der Waals surface area contributed by atoms with Gasteiger partial charge in [0.05, 0.1) is 11.1 Å². The number of esters is 4. The van der Waals surface area contributed by atoms with Gasteiger partial charge in [0.25, 0.3) is 0 Å². The Kier molecular flexibility index (Phi) is 26.3. The molecule has 0 radical (unpaired) electrons. The smallest absolute Gasteiger partial charge is 0.347 e. The van der Waals surface area contributed by atoms with Crippen LogP contribution in [0.15, 0.2) is 144 Å². The van der Waals surface area contributed by atoms with Crippen LogP contribution in [0.5, 0.6) is 0 Å². The molecule has 0 bridgehead atoms. The molecule has 2 atom stereocenters. The number of nitrogens with zero attached hydrogens (tertiary/aromatic N) is 4. The first kappa shape index (κ1) is 57.5. The van der Waals surface area contributed by atoms with E-state index >= 15 is 0 Å². The van der Waals surface area contributed by atoms with E-state index in [2.05, 4.69) is 33.8 Å². The van der Waals surface area contributed by atoms with Crippen LogP contribution in [0, 0.1) is 0 Å². The lowest BCUT2D eigenvalue weighted by molar-refractivity contribution is -0.154. The number of rotatable bonds is 29. The number of unbranched alkanes of at least 4 members (excludes halogenated alkanes) is 11. The number of hydrogen-bond acceptors (Lipinski definition) is 14. The Morgan fingerprint density at radius 3 is 1.10 bits per heavy atom. The van der Waals surface area contributed by atoms with E-state index < -0.39 is 36.1 Å². The van der Waals surface area contributed by atoms with Crippen molar-refractivity contribution in [2.75, 3.05) is 11.5 Å². The summed E-state index contributed by atoms with van der Waals surface area (Å²) < 4.78 is 21.0. The third kappa shape index (κ3) is 21.7. The van der Waals surface area contributed by atoms with Gasteiger partial charge in [0.1, 0.15) is 13.2 Å². The molecule has 0 spiro atoms. The Morgan fingerprint density at radius 1 is 0.425 bits per heavy atom. The van der Waals surface area contributed by atoms with Crippen molar-refractivity contribution >= 4 is 47.4 Å². The molecule has 0 aliphatic rings. The van der Waals surface area contributed by atoms with Crippen molar-refractivity contribution in [1.82, 2.24) is 19.9 Å². The molecule has 12 nitrogen and oxygen atoms in total. The van der Waals surface area contributed by atoms with Crippen LogP contribution in [0.2, 0.25) is 0 Å². The Morgan fingerprint density at radius 2 is 0.753 bits per heavy atom. The molecule has 2 aromatic heterocycles. The standard InChI is InChI=1S/C30H36N2O4S.C29H34N2O4S/c1-3-4-5-6-7-8-12-19-37-30-31-20-27(21-32-30)25-15-17-26(18-16-25)29(34)36-23(2)28(33)35-22-24-13-10-9-11-14-24;1-3-4-5-6-7-11-18-36-29-30-19-26(20-31-29)24-14-16-25(17-15-24)28(33)35-22(2)27(32)34-21-23-12-9-8-10-13-23/h9-11,13-18,20-21,23H,3-8,12,19,22H2,1-2H3;8-10,12-17,19-20,22H,3-7,11,18,21H2,1-2H3/t23-;22-/m00/s1. The van der Waals surface area contributed by atoms with Crippen molar-refractivity contribution in [3.05, 3.63) is 156 Å². The number of hydrogen-bond donors (Lipinski definition) is 0. The molecular weight excluding hydrogens is 957 g/mol. The minimum Gasteiger partial charge on any atom is -0.458 e. The summed E-state index contributed by atoms with van der Waals surface area (Å²) >= 11 is 3.37. The van der Waals surface area contributed by atoms with E-state index in [1.54, 1.807) is 72.6 Å². The molecule has 0 amide bonds. The highest BCUT2D eigenvalue weighted by Crippen LogP contribution is 2.24. The van der Waals surface area contributed by atoms with Crippen molar-refractivity contribution in [2.45, 2.75) is 147 Å². The second-order valence-corrected chi connectivity index (χ2v) is 19.7. The van der Waals surface area contributed by atoms with Crippen LogP contribution in [-0.2, 0) is 41.8 Å². The van der Waals surface area contributed by atoms with E-state index in [1.807, 2.05) is 84.9 Å². The Balaban J connectivity index is 0.000000271. The molecule has 14 heteroatoms. The monoisotopic (exact) mass is 1030 g/mol. The zero-order chi connectivity index (χ0) is 51.9. The van der Waals surface area contributed by atoms with E-state index in [-0.39, 0.29) is 13.2 Å². The minimum atomic E-state index is -1.00. The molecule has 6 rings (SSSR count). The fourth-order valence-corrected chi connectivity index (χ4v) is 8.76. The summed E-state index contributed by atoms with van der Waals surface area (Å²) in [5.41, 5.74) is 5.99. The zero-order valence-corrected chi connectivity index (χ0v) is 44.4. The van der Waals surface area contributed by atoms with Gasteiger partial charge in [-0.15, -0.1) is 0 Å². The van der Waals surface area contributed by atoms with E-state index in [0.717, 1.165) is 55.2 Å². The highest BCUT2D eigenvalue weighted by Gasteiger charge is 2.22. The SMILES string of the molecule is CCCCCCCCCSc1ncc(-c2ccc(C(=O)O[C@@H](C)C(=O)OCc3ccccc3)cc2)cn1.CCCCCCCCSc1ncc(-c2ccc(C(=O)O[C@@H](C)C(=O)OCc3ccccc3)cc2)cn1. The quantitative estimate of drug-likeness (QED) is 0.0144. The fraction of sp³-hybridized carbons (Fsp3) is 0.390. The van der Waals surface area contributed by atoms with Crippen LogP contribution in [0.1, 0.15) is 143 Å². The third-order valence-corrected chi connectivity index (χ3v) is 13.5. The molecule has 0 fully saturated rings. The molecule has 386 valence electrons. The lowest BCUT2D eigenvalue weighted by Gasteiger charge is -2.13. The van der Waals surface area contributed by atoms with Crippen LogP contribution < -0.4 is 0 Å². The van der Waals surface area contributed by atoms with Crippen molar-refractivity contribution in [3.63, 3.8) is 0 Å². The summed E-state index contributed by atoms with van der Waals surface area (Å²) in [5, 5.41) is 1.56. The Hall–Kier alpha value is -6.38. The third-order valence-electron chi connectivity index (χ3n) is 11.6. The first-order valence-corrected chi connectivity index (χ1v) is 27.5. The summed E-state index contributed by atoms with van der Waals surface area (Å²) in [7, 11) is 0. The van der Waals surface area contributed by atoms with Crippen LogP contribution in [-0.4, -0.2) is 67.5 Å². The van der Waals surface area contributed by atoms with Gasteiger partial charge in [-0.25, -0.2) is 39.1 Å². The normalized spacial score (nSPS) is 11.6. The van der Waals surface area contributed by atoms with E-state index in [0.29, 0.717) is 11.1 Å². The van der Waals surface area contributed by atoms with E-state index in [1.165, 1.54) is 97.3 Å². The molecular formula is C59H70N4O8S2. The molecule has 4 aromatic carbocycles. The largest absolute Gasteiger partial charge is 0.458 e. The summed E-state index contributed by atoms with van der Waals surface area (Å²) in [6, 6.07) is 32.6. The van der Waals surface area contributed by atoms with Gasteiger partial charge < -0.3 is 18.9 Å². The summed E-state index contributed by atoms with van der Waals surface area (Å²) in [4.78, 5) is 67.2. The lowest BCUT2D eigenvalue weighted by Crippen LogP contribution is -2.26. The number of thioether (sulfide) groups is 2. The van der Waals surface area contributed by atoms with E-state index in [4.69, 9.17) is 18.9 Å². The summed E-state index contributed by atoms with van der Waals surface area (Å²) in [5.74, 6) is -0.276. The number of ether oxygens (including phenoxy) is 4. The maximum absolute atomic E-state index is 12.5. The van der Waals surface area contributed by atoms with Gasteiger partial charge in [-0.3, -0.25) is 0 Å². The number of carbonyl (C=O) groups excluding carboxylic acids is 4. The molecule has 6 aromatic rings. The molecule has 0 saturated carbocycles. The van der Waals surface area contributed by atoms with Gasteiger partial charge in [0.15, 0.2) is 22.5 Å². The molecule has 0 saturated heterocycles. The van der Waals surface area contributed by atoms with Crippen LogP contribution in [0.25, 0.3) is 22.3 Å². The first-order valence-electron chi connectivity index (χ1n) is 25.6. The zero-order valence-electron chi connectivity index (χ0n) is 42.7. The maximum atomic E-state index is 12.5. The number of carbonyl (C=O) groups is 4. The van der Waals surface area contributed by atoms with Crippen molar-refractivity contribution in [1.29, 1.82) is 0 Å². The van der Waals surface area contributed by atoms with Gasteiger partial charge in [0.2, 0.25) is 0 Å². The molecule has 0 unspecified atom stereocenters. The predicted molar refractivity (Wildman–Crippen MR) is 290 cm³/mol. The minimum absolute atomic E-state index is 0.134. The highest BCUT2D eigenvalue weighted by molar-refractivity contribution is 7.99. The van der Waals surface area contributed by atoms with Crippen LogP contribution in [0.4, 0.5) is 0 Å². The van der Waals surface area contributed by atoms with Crippen LogP contribution >= 0.6 is 23.5 Å². The number of aromatic nitrogens is 4. The van der Waals surface area contributed by atoms with Crippen molar-refractivity contribution in [3.8, 4) is 22.3 Å². The summed E-state index contributed by atoms with van der Waals surface area (Å²) in [6.45, 7) is 7.75. The molecule has 0 aliphatic carbocycles. The van der Waals surface area contributed by atoms with Crippen molar-refractivity contribution in [2.24, 2.45) is 0 Å². The van der Waals surface area contributed by atoms with Gasteiger partial charge >= 0.3 is 23.9 Å². The maximum Gasteiger partial charge on any atom is 0.347 e. The Bertz CT molecular complexity index is 2520. The molecule has 2 heterocycles. The average Bonchev–Trinajstić information content (AvgIpc) is 3.43. The molecule has 0 N–H and O–H groups in total. The average molecular weight is 1030 g/mol. The van der Waals surface area contributed by atoms with Gasteiger partial charge in [0, 0.05) is 47.4 Å².